The first-order valence-electron chi connectivity index (χ1n) is 14.0. The first kappa shape index (κ1) is 29.7. The number of allylic oxidation sites excluding steroid dienone is 1. The SMILES string of the molecule is COC1=C2C(=O)c3c(O)cc(CN(C)C4(C)CCC4)c(Cl)c3CC2CC2C(N(C)C)C(=O)C(C(N)=O)C(=N)C12OC. The summed E-state index contributed by atoms with van der Waals surface area (Å²) in [5, 5.41) is 20.7. The van der Waals surface area contributed by atoms with E-state index >= 15 is 0 Å². The molecule has 2 saturated carbocycles. The second-order valence-corrected chi connectivity index (χ2v) is 12.8. The standard InChI is InChI=1S/C30H39ClN4O6/c1-29(8-7-9-29)35(4)13-15-12-18(36)20-16(22(15)31)10-14-11-17-23(34(2)3)25(38)21(28(33)39)26(32)30(17,41-6)27(40-5)19(14)24(20)37/h12,14,17,21,23,32,36H,7-11,13H2,1-6H3,(H2,33,39). The number of aromatic hydroxyl groups is 1. The molecule has 5 atom stereocenters. The quantitative estimate of drug-likeness (QED) is 0.413. The van der Waals surface area contributed by atoms with Crippen molar-refractivity contribution >= 4 is 34.8 Å². The number of hydrogen-bond donors (Lipinski definition) is 3. The monoisotopic (exact) mass is 586 g/mol. The van der Waals surface area contributed by atoms with Crippen molar-refractivity contribution in [3.8, 4) is 5.75 Å². The molecule has 0 saturated heterocycles. The minimum atomic E-state index is -1.67. The van der Waals surface area contributed by atoms with E-state index < -0.39 is 46.9 Å². The van der Waals surface area contributed by atoms with Gasteiger partial charge in [0.1, 0.15) is 17.4 Å². The Morgan fingerprint density at radius 2 is 1.90 bits per heavy atom. The van der Waals surface area contributed by atoms with Crippen LogP contribution in [0, 0.1) is 23.2 Å². The topological polar surface area (TPSA) is 146 Å². The van der Waals surface area contributed by atoms with Gasteiger partial charge in [0, 0.05) is 35.7 Å². The second-order valence-electron chi connectivity index (χ2n) is 12.4. The molecular formula is C30H39ClN4O6. The molecule has 0 aliphatic heterocycles. The molecule has 0 radical (unpaired) electrons. The molecule has 2 fully saturated rings. The van der Waals surface area contributed by atoms with Crippen LogP contribution in [0.1, 0.15) is 54.1 Å². The van der Waals surface area contributed by atoms with Gasteiger partial charge in [0.2, 0.25) is 5.91 Å². The number of primary amides is 1. The molecule has 1 aromatic rings. The Morgan fingerprint density at radius 3 is 2.41 bits per heavy atom. The number of amides is 1. The number of nitrogens with two attached hydrogens (primary N) is 1. The third kappa shape index (κ3) is 4.09. The number of ketones is 2. The van der Waals surface area contributed by atoms with Crippen molar-refractivity contribution in [1.82, 2.24) is 9.80 Å². The van der Waals surface area contributed by atoms with Crippen molar-refractivity contribution in [3.63, 3.8) is 0 Å². The van der Waals surface area contributed by atoms with Crippen LogP contribution in [-0.4, -0.2) is 90.6 Å². The Morgan fingerprint density at radius 1 is 1.24 bits per heavy atom. The molecule has 4 aliphatic carbocycles. The number of nitrogens with zero attached hydrogens (tertiary/aromatic N) is 2. The lowest BCUT2D eigenvalue weighted by atomic mass is 9.56. The fourth-order valence-corrected chi connectivity index (χ4v) is 8.03. The zero-order chi connectivity index (χ0) is 30.2. The molecule has 1 aromatic carbocycles. The highest BCUT2D eigenvalue weighted by atomic mass is 35.5. The summed E-state index contributed by atoms with van der Waals surface area (Å²) in [6, 6.07) is 0.742. The van der Waals surface area contributed by atoms with Gasteiger partial charge in [0.25, 0.3) is 0 Å². The Kier molecular flexibility index (Phi) is 7.38. The van der Waals surface area contributed by atoms with E-state index in [-0.39, 0.29) is 33.9 Å². The number of rotatable bonds is 7. The third-order valence-electron chi connectivity index (χ3n) is 10.2. The molecule has 10 nitrogen and oxygen atoms in total. The van der Waals surface area contributed by atoms with Crippen molar-refractivity contribution in [2.75, 3.05) is 35.4 Å². The van der Waals surface area contributed by atoms with E-state index in [1.54, 1.807) is 25.1 Å². The van der Waals surface area contributed by atoms with Crippen molar-refractivity contribution in [3.05, 3.63) is 39.1 Å². The normalized spacial score (nSPS) is 30.6. The average molecular weight is 587 g/mol. The Bertz CT molecular complexity index is 1390. The summed E-state index contributed by atoms with van der Waals surface area (Å²) in [6.45, 7) is 2.74. The van der Waals surface area contributed by atoms with E-state index in [1.807, 2.05) is 7.05 Å². The number of Topliss-reactive ketones (excluding diaryl/α,β-unsaturated/α-hetero) is 2. The first-order chi connectivity index (χ1) is 19.2. The molecule has 222 valence electrons. The minimum Gasteiger partial charge on any atom is -0.507 e. The number of carbonyl (C=O) groups is 3. The lowest BCUT2D eigenvalue weighted by Gasteiger charge is -2.54. The molecule has 0 heterocycles. The van der Waals surface area contributed by atoms with Gasteiger partial charge in [-0.05, 0) is 83.3 Å². The highest BCUT2D eigenvalue weighted by Gasteiger charge is 2.66. The second kappa shape index (κ2) is 10.2. The highest BCUT2D eigenvalue weighted by molar-refractivity contribution is 6.33. The molecule has 4 aliphatic rings. The molecule has 41 heavy (non-hydrogen) atoms. The van der Waals surface area contributed by atoms with E-state index in [0.717, 1.165) is 18.4 Å². The zero-order valence-corrected chi connectivity index (χ0v) is 25.2. The molecule has 5 rings (SSSR count). The first-order valence-corrected chi connectivity index (χ1v) is 14.3. The van der Waals surface area contributed by atoms with Crippen molar-refractivity contribution in [1.29, 1.82) is 5.41 Å². The molecule has 0 aromatic heterocycles. The summed E-state index contributed by atoms with van der Waals surface area (Å²) in [6.07, 6.45) is 3.99. The van der Waals surface area contributed by atoms with Gasteiger partial charge in [0.05, 0.1) is 24.4 Å². The van der Waals surface area contributed by atoms with Gasteiger partial charge in [0.15, 0.2) is 17.2 Å². The van der Waals surface area contributed by atoms with Crippen molar-refractivity contribution in [2.24, 2.45) is 23.5 Å². The largest absolute Gasteiger partial charge is 0.507 e. The predicted molar refractivity (Wildman–Crippen MR) is 153 cm³/mol. The average Bonchev–Trinajstić information content (AvgIpc) is 2.88. The van der Waals surface area contributed by atoms with Crippen molar-refractivity contribution in [2.45, 2.75) is 62.8 Å². The highest BCUT2D eigenvalue weighted by Crippen LogP contribution is 2.55. The number of benzene rings is 1. The number of nitrogens with one attached hydrogen (secondary N) is 1. The molecule has 0 spiro atoms. The van der Waals surface area contributed by atoms with E-state index in [1.165, 1.54) is 20.6 Å². The summed E-state index contributed by atoms with van der Waals surface area (Å²) in [4.78, 5) is 44.2. The summed E-state index contributed by atoms with van der Waals surface area (Å²) in [5.41, 5.74) is 5.38. The van der Waals surface area contributed by atoms with Crippen LogP contribution in [0.15, 0.2) is 17.4 Å². The number of fused-ring (bicyclic) bond motifs is 3. The molecule has 1 amide bonds. The summed E-state index contributed by atoms with van der Waals surface area (Å²) in [7, 11) is 8.26. The number of hydrogen-bond acceptors (Lipinski definition) is 9. The zero-order valence-electron chi connectivity index (χ0n) is 24.5. The van der Waals surface area contributed by atoms with Crippen LogP contribution in [-0.2, 0) is 32.0 Å². The lowest BCUT2D eigenvalue weighted by molar-refractivity contribution is -0.143. The van der Waals surface area contributed by atoms with Crippen LogP contribution >= 0.6 is 11.6 Å². The van der Waals surface area contributed by atoms with Gasteiger partial charge < -0.3 is 25.7 Å². The van der Waals surface area contributed by atoms with Crippen LogP contribution in [0.2, 0.25) is 5.02 Å². The molecule has 5 unspecified atom stereocenters. The van der Waals surface area contributed by atoms with Crippen LogP contribution < -0.4 is 5.73 Å². The van der Waals surface area contributed by atoms with Crippen LogP contribution in [0.3, 0.4) is 0 Å². The van der Waals surface area contributed by atoms with Gasteiger partial charge in [-0.3, -0.25) is 24.2 Å². The van der Waals surface area contributed by atoms with E-state index in [4.69, 9.17) is 32.2 Å². The number of phenolic OH excluding ortho intramolecular Hbond substituents is 1. The lowest BCUT2D eigenvalue weighted by Crippen LogP contribution is -2.70. The van der Waals surface area contributed by atoms with Crippen LogP contribution in [0.25, 0.3) is 0 Å². The molecular weight excluding hydrogens is 548 g/mol. The Hall–Kier alpha value is -2.79. The predicted octanol–water partition coefficient (Wildman–Crippen LogP) is 2.71. The maximum absolute atomic E-state index is 14.2. The number of halogens is 1. The number of ether oxygens (including phenoxy) is 2. The number of likely N-dealkylation sites (N-methyl/N-ethyl adjacent to an activating group) is 1. The maximum atomic E-state index is 14.2. The number of carbonyl (C=O) groups excluding carboxylic acids is 3. The van der Waals surface area contributed by atoms with E-state index in [9.17, 15) is 19.5 Å². The fourth-order valence-electron chi connectivity index (χ4n) is 7.75. The Balaban J connectivity index is 1.67. The third-order valence-corrected chi connectivity index (χ3v) is 10.6. The summed E-state index contributed by atoms with van der Waals surface area (Å²) in [5.74, 6) is -4.58. The smallest absolute Gasteiger partial charge is 0.233 e. The van der Waals surface area contributed by atoms with Crippen LogP contribution in [0.4, 0.5) is 0 Å². The molecule has 11 heteroatoms. The Labute approximate surface area is 245 Å². The van der Waals surface area contributed by atoms with Crippen LogP contribution in [0.5, 0.6) is 5.75 Å². The van der Waals surface area contributed by atoms with Gasteiger partial charge in [-0.25, -0.2) is 0 Å². The molecule has 0 bridgehead atoms. The number of phenols is 1. The van der Waals surface area contributed by atoms with Gasteiger partial charge in [-0.2, -0.15) is 0 Å². The summed E-state index contributed by atoms with van der Waals surface area (Å²) >= 11 is 6.98. The summed E-state index contributed by atoms with van der Waals surface area (Å²) < 4.78 is 11.9. The fraction of sp³-hybridized carbons (Fsp3) is 0.600. The van der Waals surface area contributed by atoms with Gasteiger partial charge in [-0.15, -0.1) is 0 Å². The maximum Gasteiger partial charge on any atom is 0.233 e. The van der Waals surface area contributed by atoms with Gasteiger partial charge >= 0.3 is 0 Å². The molecule has 4 N–H and O–H groups in total. The minimum absolute atomic E-state index is 0.0722. The number of methoxy groups -OCH3 is 2. The van der Waals surface area contributed by atoms with Crippen molar-refractivity contribution < 1.29 is 29.0 Å². The van der Waals surface area contributed by atoms with E-state index in [2.05, 4.69) is 11.8 Å². The van der Waals surface area contributed by atoms with Gasteiger partial charge in [-0.1, -0.05) is 11.6 Å². The van der Waals surface area contributed by atoms with E-state index in [0.29, 0.717) is 30.0 Å².